The van der Waals surface area contributed by atoms with Crippen molar-refractivity contribution < 1.29 is 38.9 Å². The summed E-state index contributed by atoms with van der Waals surface area (Å²) in [4.78, 5) is 51.1. The molecule has 1 aromatic heterocycles. The first-order valence-corrected chi connectivity index (χ1v) is 9.46. The minimum atomic E-state index is -1.35. The van der Waals surface area contributed by atoms with Gasteiger partial charge in [-0.25, -0.2) is 14.6 Å². The smallest absolute Gasteiger partial charge is 0.341 e. The van der Waals surface area contributed by atoms with Crippen molar-refractivity contribution in [3.63, 3.8) is 0 Å². The van der Waals surface area contributed by atoms with Gasteiger partial charge in [-0.1, -0.05) is 12.1 Å². The molecule has 0 saturated carbocycles. The van der Waals surface area contributed by atoms with E-state index in [1.165, 1.54) is 6.07 Å². The number of amides is 1. The van der Waals surface area contributed by atoms with Crippen molar-refractivity contribution in [2.24, 2.45) is 0 Å². The number of ether oxygens (including phenoxy) is 2. The number of carbonyl (C=O) groups is 4. The number of hydrogen-bond acceptors (Lipinski definition) is 7. The lowest BCUT2D eigenvalue weighted by Crippen LogP contribution is -2.41. The van der Waals surface area contributed by atoms with Gasteiger partial charge in [-0.05, 0) is 39.3 Å². The summed E-state index contributed by atoms with van der Waals surface area (Å²) < 4.78 is 10.4. The molecule has 31 heavy (non-hydrogen) atoms. The van der Waals surface area contributed by atoms with Gasteiger partial charge in [-0.2, -0.15) is 0 Å². The second kappa shape index (κ2) is 9.88. The molecule has 3 N–H and O–H groups in total. The molecule has 166 valence electrons. The van der Waals surface area contributed by atoms with E-state index in [9.17, 15) is 24.3 Å². The molecule has 10 heteroatoms. The lowest BCUT2D eigenvalue weighted by Gasteiger charge is -2.20. The quantitative estimate of drug-likeness (QED) is 0.505. The molecule has 10 nitrogen and oxygen atoms in total. The Bertz CT molecular complexity index is 997. The van der Waals surface area contributed by atoms with Crippen molar-refractivity contribution in [2.45, 2.75) is 45.3 Å². The van der Waals surface area contributed by atoms with Crippen LogP contribution in [-0.4, -0.2) is 57.3 Å². The third-order valence-electron chi connectivity index (χ3n) is 3.92. The maximum atomic E-state index is 12.6. The number of aromatic nitrogens is 1. The summed E-state index contributed by atoms with van der Waals surface area (Å²) in [5.74, 6) is -3.78. The number of rotatable bonds is 9. The van der Waals surface area contributed by atoms with Gasteiger partial charge >= 0.3 is 17.9 Å². The Balaban J connectivity index is 2.18. The third-order valence-corrected chi connectivity index (χ3v) is 3.92. The molecule has 0 aliphatic carbocycles. The molecule has 1 aromatic carbocycles. The highest BCUT2D eigenvalue weighted by Crippen LogP contribution is 2.25. The second-order valence-electron chi connectivity index (χ2n) is 7.69. The van der Waals surface area contributed by atoms with Crippen LogP contribution in [0.4, 0.5) is 0 Å². The van der Waals surface area contributed by atoms with Crippen molar-refractivity contribution in [1.29, 1.82) is 0 Å². The zero-order valence-electron chi connectivity index (χ0n) is 17.4. The molecule has 0 radical (unpaired) electrons. The van der Waals surface area contributed by atoms with Crippen molar-refractivity contribution in [3.8, 4) is 5.75 Å². The molecule has 1 heterocycles. The first-order chi connectivity index (χ1) is 14.5. The van der Waals surface area contributed by atoms with Gasteiger partial charge < -0.3 is 25.0 Å². The van der Waals surface area contributed by atoms with Crippen LogP contribution in [0.3, 0.4) is 0 Å². The zero-order valence-corrected chi connectivity index (χ0v) is 17.4. The number of esters is 1. The van der Waals surface area contributed by atoms with Gasteiger partial charge in [-0.15, -0.1) is 0 Å². The minimum absolute atomic E-state index is 0.124. The SMILES string of the molecule is CC(C)(C)OC(=O)CC[C@H](NC(=O)c1cc(OCC(=O)O)c2ccccc2n1)C(=O)O. The number of fused-ring (bicyclic) bond motifs is 1. The lowest BCUT2D eigenvalue weighted by atomic mass is 10.1. The summed E-state index contributed by atoms with van der Waals surface area (Å²) in [6, 6.07) is 6.54. The molecule has 2 aromatic rings. The second-order valence-corrected chi connectivity index (χ2v) is 7.69. The number of benzene rings is 1. The highest BCUT2D eigenvalue weighted by Gasteiger charge is 2.25. The van der Waals surface area contributed by atoms with Gasteiger partial charge in [0.05, 0.1) is 5.52 Å². The molecule has 0 spiro atoms. The van der Waals surface area contributed by atoms with Crippen LogP contribution in [0.5, 0.6) is 5.75 Å². The summed E-state index contributed by atoms with van der Waals surface area (Å²) in [6.45, 7) is 4.45. The first-order valence-electron chi connectivity index (χ1n) is 9.46. The molecule has 1 amide bonds. The predicted octanol–water partition coefficient (Wildman–Crippen LogP) is 2.00. The molecule has 1 atom stereocenters. The molecular formula is C21H24N2O8. The van der Waals surface area contributed by atoms with E-state index in [1.54, 1.807) is 45.0 Å². The van der Waals surface area contributed by atoms with Crippen molar-refractivity contribution in [3.05, 3.63) is 36.0 Å². The van der Waals surface area contributed by atoms with Crippen molar-refractivity contribution in [2.75, 3.05) is 6.61 Å². The number of hydrogen-bond donors (Lipinski definition) is 3. The van der Waals surface area contributed by atoms with E-state index < -0.39 is 42.1 Å². The average Bonchev–Trinajstić information content (AvgIpc) is 2.67. The fourth-order valence-corrected chi connectivity index (χ4v) is 2.66. The highest BCUT2D eigenvalue weighted by atomic mass is 16.6. The number of carbonyl (C=O) groups excluding carboxylic acids is 2. The molecular weight excluding hydrogens is 408 g/mol. The topological polar surface area (TPSA) is 152 Å². The zero-order chi connectivity index (χ0) is 23.2. The Kier molecular flexibility index (Phi) is 7.51. The van der Waals surface area contributed by atoms with E-state index in [1.807, 2.05) is 0 Å². The number of pyridine rings is 1. The number of para-hydroxylation sites is 1. The molecule has 0 aliphatic rings. The number of aliphatic carboxylic acids is 2. The third kappa shape index (κ3) is 7.25. The number of carboxylic acid groups (broad SMARTS) is 2. The van der Waals surface area contributed by atoms with Gasteiger partial charge in [0.15, 0.2) is 6.61 Å². The maximum absolute atomic E-state index is 12.6. The summed E-state index contributed by atoms with van der Waals surface area (Å²) in [5, 5.41) is 21.1. The van der Waals surface area contributed by atoms with Gasteiger partial charge in [0, 0.05) is 17.9 Å². The molecule has 0 unspecified atom stereocenters. The van der Waals surface area contributed by atoms with Crippen LogP contribution in [0.15, 0.2) is 30.3 Å². The Hall–Kier alpha value is -3.69. The summed E-state index contributed by atoms with van der Waals surface area (Å²) in [7, 11) is 0. The summed E-state index contributed by atoms with van der Waals surface area (Å²) in [6.07, 6.45) is -0.376. The van der Waals surface area contributed by atoms with Crippen LogP contribution in [0.1, 0.15) is 44.1 Å². The minimum Gasteiger partial charge on any atom is -0.481 e. The Morgan fingerprint density at radius 2 is 1.81 bits per heavy atom. The fourth-order valence-electron chi connectivity index (χ4n) is 2.66. The van der Waals surface area contributed by atoms with Crippen LogP contribution in [0.25, 0.3) is 10.9 Å². The van der Waals surface area contributed by atoms with Crippen molar-refractivity contribution in [1.82, 2.24) is 10.3 Å². The first kappa shape index (κ1) is 23.6. The standard InChI is InChI=1S/C21H24N2O8/c1-21(2,3)31-18(26)9-8-14(20(28)29)23-19(27)15-10-16(30-11-17(24)25)12-6-4-5-7-13(12)22-15/h4-7,10,14H,8-9,11H2,1-3H3,(H,23,27)(H,24,25)(H,28,29)/t14-/m0/s1. The van der Waals surface area contributed by atoms with E-state index in [0.717, 1.165) is 0 Å². The van der Waals surface area contributed by atoms with Crippen LogP contribution >= 0.6 is 0 Å². The molecule has 0 saturated heterocycles. The van der Waals surface area contributed by atoms with Crippen LogP contribution in [0.2, 0.25) is 0 Å². The average molecular weight is 432 g/mol. The Labute approximate surface area is 178 Å². The predicted molar refractivity (Wildman–Crippen MR) is 109 cm³/mol. The van der Waals surface area contributed by atoms with Gasteiger partial charge in [0.25, 0.3) is 5.91 Å². The van der Waals surface area contributed by atoms with Crippen LogP contribution in [0, 0.1) is 0 Å². The largest absolute Gasteiger partial charge is 0.481 e. The normalized spacial score (nSPS) is 12.1. The maximum Gasteiger partial charge on any atom is 0.341 e. The van der Waals surface area contributed by atoms with E-state index in [0.29, 0.717) is 10.9 Å². The van der Waals surface area contributed by atoms with E-state index in [2.05, 4.69) is 10.3 Å². The van der Waals surface area contributed by atoms with E-state index in [4.69, 9.17) is 14.6 Å². The Morgan fingerprint density at radius 1 is 1.13 bits per heavy atom. The highest BCUT2D eigenvalue weighted by molar-refractivity contribution is 5.98. The molecule has 0 aliphatic heterocycles. The monoisotopic (exact) mass is 432 g/mol. The van der Waals surface area contributed by atoms with Crippen molar-refractivity contribution >= 4 is 34.7 Å². The fraction of sp³-hybridized carbons (Fsp3) is 0.381. The van der Waals surface area contributed by atoms with Gasteiger partial charge in [0.1, 0.15) is 23.1 Å². The lowest BCUT2D eigenvalue weighted by molar-refractivity contribution is -0.155. The molecule has 0 fully saturated rings. The number of nitrogens with one attached hydrogen (secondary N) is 1. The van der Waals surface area contributed by atoms with Gasteiger partial charge in [-0.3, -0.25) is 9.59 Å². The van der Waals surface area contributed by atoms with Crippen LogP contribution < -0.4 is 10.1 Å². The molecule has 2 rings (SSSR count). The summed E-state index contributed by atoms with van der Waals surface area (Å²) in [5.41, 5.74) is -0.487. The number of nitrogens with zero attached hydrogens (tertiary/aromatic N) is 1. The number of carboxylic acids is 2. The molecule has 0 bridgehead atoms. The van der Waals surface area contributed by atoms with E-state index in [-0.39, 0.29) is 24.3 Å². The van der Waals surface area contributed by atoms with Gasteiger partial charge in [0.2, 0.25) is 0 Å². The summed E-state index contributed by atoms with van der Waals surface area (Å²) >= 11 is 0. The van der Waals surface area contributed by atoms with Crippen LogP contribution in [-0.2, 0) is 19.1 Å². The Morgan fingerprint density at radius 3 is 2.42 bits per heavy atom. The van der Waals surface area contributed by atoms with E-state index >= 15 is 0 Å².